The third-order valence-electron chi connectivity index (χ3n) is 5.05. The van der Waals surface area contributed by atoms with Crippen LogP contribution in [0.3, 0.4) is 0 Å². The molecule has 2 rings (SSSR count). The van der Waals surface area contributed by atoms with Crippen LogP contribution in [0.15, 0.2) is 6.20 Å². The summed E-state index contributed by atoms with van der Waals surface area (Å²) < 4.78 is 28.2. The zero-order valence-corrected chi connectivity index (χ0v) is 14.6. The maximum Gasteiger partial charge on any atom is 0.280 e. The number of hydrogen-bond acceptors (Lipinski definition) is 3. The van der Waals surface area contributed by atoms with E-state index in [0.29, 0.717) is 32.5 Å². The van der Waals surface area contributed by atoms with Gasteiger partial charge in [0, 0.05) is 26.2 Å². The molecule has 1 aromatic rings. The van der Waals surface area contributed by atoms with Gasteiger partial charge in [-0.25, -0.2) is 8.78 Å². The molecule has 0 radical (unpaired) electrons. The van der Waals surface area contributed by atoms with Crippen molar-refractivity contribution in [3.05, 3.63) is 17.5 Å². The molecule has 7 heteroatoms. The first-order chi connectivity index (χ1) is 11.3. The highest BCUT2D eigenvalue weighted by atomic mass is 19.3. The summed E-state index contributed by atoms with van der Waals surface area (Å²) >= 11 is 0. The average molecular weight is 343 g/mol. The largest absolute Gasteiger partial charge is 0.396 e. The molecule has 0 spiro atoms. The Morgan fingerprint density at radius 1 is 1.38 bits per heavy atom. The molecule has 1 N–H and O–H groups in total. The van der Waals surface area contributed by atoms with Crippen molar-refractivity contribution < 1.29 is 18.7 Å². The lowest BCUT2D eigenvalue weighted by Gasteiger charge is -2.40. The summed E-state index contributed by atoms with van der Waals surface area (Å²) in [4.78, 5) is 14.3. The van der Waals surface area contributed by atoms with E-state index in [1.165, 1.54) is 10.9 Å². The molecule has 5 nitrogen and oxygen atoms in total. The van der Waals surface area contributed by atoms with Crippen LogP contribution in [-0.4, -0.2) is 45.4 Å². The first kappa shape index (κ1) is 18.8. The van der Waals surface area contributed by atoms with E-state index >= 15 is 0 Å². The maximum atomic E-state index is 13.5. The third kappa shape index (κ3) is 3.77. The van der Waals surface area contributed by atoms with E-state index in [9.17, 15) is 18.7 Å². The van der Waals surface area contributed by atoms with Gasteiger partial charge >= 0.3 is 0 Å². The van der Waals surface area contributed by atoms with Crippen LogP contribution in [0.2, 0.25) is 0 Å². The molecule has 1 amide bonds. The Bertz CT molecular complexity index is 558. The molecule has 0 atom stereocenters. The lowest BCUT2D eigenvalue weighted by Crippen LogP contribution is -2.44. The standard InChI is InChI=1S/C17H27F2N3O2/c1-4-17(11-23)5-7-21(8-6-17)16(24)13-9-20-22(10-12(2)3)14(13)15(18)19/h9,12,15,23H,4-8,10-11H2,1-3H3. The molecule has 136 valence electrons. The highest BCUT2D eigenvalue weighted by Crippen LogP contribution is 2.35. The predicted octanol–water partition coefficient (Wildman–Crippen LogP) is 3.10. The van der Waals surface area contributed by atoms with E-state index in [1.54, 1.807) is 4.90 Å². The van der Waals surface area contributed by atoms with Gasteiger partial charge in [0.2, 0.25) is 0 Å². The summed E-state index contributed by atoms with van der Waals surface area (Å²) in [7, 11) is 0. The Kier molecular flexibility index (Phi) is 5.96. The van der Waals surface area contributed by atoms with Crippen LogP contribution in [0.1, 0.15) is 62.5 Å². The quantitative estimate of drug-likeness (QED) is 0.863. The molecular weight excluding hydrogens is 316 g/mol. The van der Waals surface area contributed by atoms with Crippen molar-refractivity contribution in [2.45, 2.75) is 53.0 Å². The molecule has 1 fully saturated rings. The Balaban J connectivity index is 2.17. The van der Waals surface area contributed by atoms with Gasteiger partial charge in [-0.3, -0.25) is 9.48 Å². The fourth-order valence-corrected chi connectivity index (χ4v) is 3.26. The number of carbonyl (C=O) groups excluding carboxylic acids is 1. The van der Waals surface area contributed by atoms with Crippen LogP contribution in [0, 0.1) is 11.3 Å². The number of rotatable bonds is 6. The number of aliphatic hydroxyl groups excluding tert-OH is 1. The molecule has 2 heterocycles. The minimum absolute atomic E-state index is 0.00125. The Morgan fingerprint density at radius 2 is 2.00 bits per heavy atom. The highest BCUT2D eigenvalue weighted by molar-refractivity contribution is 5.95. The molecule has 0 saturated carbocycles. The zero-order valence-electron chi connectivity index (χ0n) is 14.6. The number of aliphatic hydroxyl groups is 1. The fourth-order valence-electron chi connectivity index (χ4n) is 3.26. The number of hydrogen-bond donors (Lipinski definition) is 1. The molecule has 1 aliphatic rings. The van der Waals surface area contributed by atoms with Crippen LogP contribution >= 0.6 is 0 Å². The van der Waals surface area contributed by atoms with Crippen LogP contribution in [-0.2, 0) is 6.54 Å². The number of nitrogens with zero attached hydrogens (tertiary/aromatic N) is 3. The van der Waals surface area contributed by atoms with Gasteiger partial charge in [-0.05, 0) is 30.6 Å². The van der Waals surface area contributed by atoms with Crippen LogP contribution < -0.4 is 0 Å². The lowest BCUT2D eigenvalue weighted by atomic mass is 9.77. The first-order valence-corrected chi connectivity index (χ1v) is 8.57. The SMILES string of the molecule is CCC1(CO)CCN(C(=O)c2cnn(CC(C)C)c2C(F)F)CC1. The van der Waals surface area contributed by atoms with E-state index in [-0.39, 0.29) is 35.1 Å². The summed E-state index contributed by atoms with van der Waals surface area (Å²) in [5, 5.41) is 13.6. The third-order valence-corrected chi connectivity index (χ3v) is 5.05. The lowest BCUT2D eigenvalue weighted by molar-refractivity contribution is 0.0333. The van der Waals surface area contributed by atoms with Crippen molar-refractivity contribution in [3.8, 4) is 0 Å². The monoisotopic (exact) mass is 343 g/mol. The number of likely N-dealkylation sites (tertiary alicyclic amines) is 1. The second-order valence-electron chi connectivity index (χ2n) is 7.12. The van der Waals surface area contributed by atoms with Crippen LogP contribution in [0.4, 0.5) is 8.78 Å². The van der Waals surface area contributed by atoms with Gasteiger partial charge in [0.15, 0.2) is 0 Å². The van der Waals surface area contributed by atoms with Gasteiger partial charge in [-0.2, -0.15) is 5.10 Å². The van der Waals surface area contributed by atoms with Crippen molar-refractivity contribution in [3.63, 3.8) is 0 Å². The molecule has 1 saturated heterocycles. The fraction of sp³-hybridized carbons (Fsp3) is 0.765. The van der Waals surface area contributed by atoms with Crippen LogP contribution in [0.5, 0.6) is 0 Å². The van der Waals surface area contributed by atoms with Gasteiger partial charge in [-0.1, -0.05) is 20.8 Å². The van der Waals surface area contributed by atoms with Crippen molar-refractivity contribution in [2.75, 3.05) is 19.7 Å². The number of piperidine rings is 1. The molecule has 0 bridgehead atoms. The number of carbonyl (C=O) groups is 1. The van der Waals surface area contributed by atoms with Crippen molar-refractivity contribution >= 4 is 5.91 Å². The number of aromatic nitrogens is 2. The highest BCUT2D eigenvalue weighted by Gasteiger charge is 2.36. The molecule has 1 aromatic heterocycles. The summed E-state index contributed by atoms with van der Waals surface area (Å²) in [5.74, 6) is -0.224. The first-order valence-electron chi connectivity index (χ1n) is 8.57. The van der Waals surface area contributed by atoms with E-state index < -0.39 is 6.43 Å². The number of halogens is 2. The van der Waals surface area contributed by atoms with Gasteiger partial charge in [0.1, 0.15) is 5.69 Å². The average Bonchev–Trinajstić information content (AvgIpc) is 2.97. The normalized spacial score (nSPS) is 17.8. The smallest absolute Gasteiger partial charge is 0.280 e. The molecule has 0 aliphatic carbocycles. The minimum atomic E-state index is -2.73. The van der Waals surface area contributed by atoms with Crippen LogP contribution in [0.25, 0.3) is 0 Å². The second kappa shape index (κ2) is 7.59. The van der Waals surface area contributed by atoms with Gasteiger partial charge < -0.3 is 10.0 Å². The summed E-state index contributed by atoms with van der Waals surface area (Å²) in [5.41, 5.74) is -0.439. The van der Waals surface area contributed by atoms with Crippen molar-refractivity contribution in [1.29, 1.82) is 0 Å². The number of alkyl halides is 2. The molecular formula is C17H27F2N3O2. The van der Waals surface area contributed by atoms with Crippen molar-refractivity contribution in [1.82, 2.24) is 14.7 Å². The summed E-state index contributed by atoms with van der Waals surface area (Å²) in [6, 6.07) is 0. The van der Waals surface area contributed by atoms with Gasteiger partial charge in [-0.15, -0.1) is 0 Å². The minimum Gasteiger partial charge on any atom is -0.396 e. The number of amides is 1. The Morgan fingerprint density at radius 3 is 2.46 bits per heavy atom. The van der Waals surface area contributed by atoms with Gasteiger partial charge in [0.05, 0.1) is 11.8 Å². The topological polar surface area (TPSA) is 58.4 Å². The van der Waals surface area contributed by atoms with E-state index in [4.69, 9.17) is 0 Å². The van der Waals surface area contributed by atoms with Crippen molar-refractivity contribution in [2.24, 2.45) is 11.3 Å². The van der Waals surface area contributed by atoms with Gasteiger partial charge in [0.25, 0.3) is 12.3 Å². The van der Waals surface area contributed by atoms with E-state index in [2.05, 4.69) is 5.10 Å². The predicted molar refractivity (Wildman–Crippen MR) is 87.0 cm³/mol. The summed E-state index contributed by atoms with van der Waals surface area (Å²) in [6.45, 7) is 7.27. The summed E-state index contributed by atoms with van der Waals surface area (Å²) in [6.07, 6.45) is 0.758. The maximum absolute atomic E-state index is 13.5. The molecule has 24 heavy (non-hydrogen) atoms. The van der Waals surface area contributed by atoms with E-state index in [0.717, 1.165) is 6.42 Å². The molecule has 0 unspecified atom stereocenters. The Hall–Kier alpha value is -1.50. The second-order valence-corrected chi connectivity index (χ2v) is 7.12. The molecule has 1 aliphatic heterocycles. The molecule has 0 aromatic carbocycles. The Labute approximate surface area is 141 Å². The zero-order chi connectivity index (χ0) is 17.9. The van der Waals surface area contributed by atoms with E-state index in [1.807, 2.05) is 20.8 Å².